The summed E-state index contributed by atoms with van der Waals surface area (Å²) < 4.78 is 7.52. The van der Waals surface area contributed by atoms with Crippen LogP contribution in [0.2, 0.25) is 0 Å². The summed E-state index contributed by atoms with van der Waals surface area (Å²) in [6.45, 7) is 4.68. The van der Waals surface area contributed by atoms with E-state index < -0.39 is 0 Å². The number of hydrogen-bond acceptors (Lipinski definition) is 2. The molecule has 1 heterocycles. The van der Waals surface area contributed by atoms with Crippen LogP contribution in [-0.2, 0) is 18.2 Å². The van der Waals surface area contributed by atoms with Crippen LogP contribution < -0.4 is 0 Å². The van der Waals surface area contributed by atoms with Crippen molar-refractivity contribution in [2.24, 2.45) is 7.05 Å². The highest BCUT2D eigenvalue weighted by molar-refractivity contribution is 5.98. The van der Waals surface area contributed by atoms with Crippen molar-refractivity contribution < 1.29 is 9.53 Å². The summed E-state index contributed by atoms with van der Waals surface area (Å²) >= 11 is 0. The van der Waals surface area contributed by atoms with Gasteiger partial charge < -0.3 is 9.30 Å². The van der Waals surface area contributed by atoms with E-state index in [0.29, 0.717) is 6.61 Å². The van der Waals surface area contributed by atoms with Gasteiger partial charge in [0.05, 0.1) is 6.61 Å². The van der Waals surface area contributed by atoms with Gasteiger partial charge in [-0.05, 0) is 31.9 Å². The second-order valence-electron chi connectivity index (χ2n) is 5.06. The lowest BCUT2D eigenvalue weighted by Crippen LogP contribution is -2.11. The lowest BCUT2D eigenvalue weighted by atomic mass is 10.1. The summed E-state index contributed by atoms with van der Waals surface area (Å²) in [5, 5.41) is 0. The number of carbonyl (C=O) groups is 1. The number of benzene rings is 1. The third kappa shape index (κ3) is 3.36. The van der Waals surface area contributed by atoms with Crippen molar-refractivity contribution in [2.45, 2.75) is 20.3 Å². The van der Waals surface area contributed by atoms with Gasteiger partial charge in [-0.15, -0.1) is 0 Å². The fraction of sp³-hybridized carbons (Fsp3) is 0.353. The first kappa shape index (κ1) is 14.5. The summed E-state index contributed by atoms with van der Waals surface area (Å²) in [6, 6.07) is 12.1. The Hall–Kier alpha value is -1.87. The predicted molar refractivity (Wildman–Crippen MR) is 80.2 cm³/mol. The molecule has 0 bridgehead atoms. The Morgan fingerprint density at radius 1 is 1.20 bits per heavy atom. The largest absolute Gasteiger partial charge is 0.373 e. The van der Waals surface area contributed by atoms with Crippen LogP contribution in [-0.4, -0.2) is 23.6 Å². The first-order valence-electron chi connectivity index (χ1n) is 6.87. The molecule has 0 N–H and O–H groups in total. The number of Topliss-reactive ketones (excluding diaryl/α,β-unsaturated/α-hetero) is 1. The van der Waals surface area contributed by atoms with E-state index >= 15 is 0 Å². The Bertz CT molecular complexity index is 585. The van der Waals surface area contributed by atoms with E-state index in [-0.39, 0.29) is 12.4 Å². The number of nitrogens with zero attached hydrogens (tertiary/aromatic N) is 1. The SMILES string of the molecule is Cc1cc(C(=O)COCCc2ccccc2)c(C)n1C. The highest BCUT2D eigenvalue weighted by Gasteiger charge is 2.13. The van der Waals surface area contributed by atoms with Crippen LogP contribution in [0.15, 0.2) is 36.4 Å². The molecule has 0 amide bonds. The van der Waals surface area contributed by atoms with Gasteiger partial charge in [-0.1, -0.05) is 30.3 Å². The molecule has 20 heavy (non-hydrogen) atoms. The zero-order chi connectivity index (χ0) is 14.5. The lowest BCUT2D eigenvalue weighted by molar-refractivity contribution is 0.0765. The number of aryl methyl sites for hydroxylation is 1. The first-order chi connectivity index (χ1) is 9.59. The van der Waals surface area contributed by atoms with E-state index in [4.69, 9.17) is 4.74 Å². The normalized spacial score (nSPS) is 10.8. The number of ether oxygens (including phenoxy) is 1. The quantitative estimate of drug-likeness (QED) is 0.597. The van der Waals surface area contributed by atoms with Crippen LogP contribution in [0.25, 0.3) is 0 Å². The minimum atomic E-state index is 0.0549. The van der Waals surface area contributed by atoms with E-state index in [0.717, 1.165) is 23.4 Å². The molecule has 106 valence electrons. The molecule has 0 fully saturated rings. The fourth-order valence-electron chi connectivity index (χ4n) is 2.21. The van der Waals surface area contributed by atoms with Gasteiger partial charge in [-0.3, -0.25) is 4.79 Å². The fourth-order valence-corrected chi connectivity index (χ4v) is 2.21. The molecular weight excluding hydrogens is 250 g/mol. The summed E-state index contributed by atoms with van der Waals surface area (Å²) in [6.07, 6.45) is 0.834. The van der Waals surface area contributed by atoms with Gasteiger partial charge in [0.1, 0.15) is 6.61 Å². The van der Waals surface area contributed by atoms with E-state index in [9.17, 15) is 4.79 Å². The molecule has 2 aromatic rings. The molecule has 0 radical (unpaired) electrons. The van der Waals surface area contributed by atoms with Gasteiger partial charge in [0, 0.05) is 24.0 Å². The van der Waals surface area contributed by atoms with Crippen molar-refractivity contribution in [1.29, 1.82) is 0 Å². The third-order valence-electron chi connectivity index (χ3n) is 3.69. The average molecular weight is 271 g/mol. The maximum Gasteiger partial charge on any atom is 0.190 e. The van der Waals surface area contributed by atoms with E-state index in [1.165, 1.54) is 5.56 Å². The second kappa shape index (κ2) is 6.53. The molecule has 0 aliphatic rings. The van der Waals surface area contributed by atoms with Crippen LogP contribution in [0, 0.1) is 13.8 Å². The van der Waals surface area contributed by atoms with Crippen LogP contribution >= 0.6 is 0 Å². The van der Waals surface area contributed by atoms with Crippen molar-refractivity contribution in [3.05, 3.63) is 58.9 Å². The van der Waals surface area contributed by atoms with Crippen LogP contribution in [0.5, 0.6) is 0 Å². The van der Waals surface area contributed by atoms with Crippen molar-refractivity contribution in [2.75, 3.05) is 13.2 Å². The standard InChI is InChI=1S/C17H21NO2/c1-13-11-16(14(2)18(13)3)17(19)12-20-10-9-15-7-5-4-6-8-15/h4-8,11H,9-10,12H2,1-3H3. The smallest absolute Gasteiger partial charge is 0.190 e. The minimum Gasteiger partial charge on any atom is -0.373 e. The highest BCUT2D eigenvalue weighted by atomic mass is 16.5. The van der Waals surface area contributed by atoms with Crippen molar-refractivity contribution in [1.82, 2.24) is 4.57 Å². The van der Waals surface area contributed by atoms with Gasteiger partial charge >= 0.3 is 0 Å². The maximum atomic E-state index is 12.1. The number of aromatic nitrogens is 1. The molecule has 0 aliphatic heterocycles. The zero-order valence-electron chi connectivity index (χ0n) is 12.3. The Labute approximate surface area is 120 Å². The van der Waals surface area contributed by atoms with Crippen LogP contribution in [0.4, 0.5) is 0 Å². The number of ketones is 1. The van der Waals surface area contributed by atoms with Gasteiger partial charge in [0.2, 0.25) is 0 Å². The second-order valence-corrected chi connectivity index (χ2v) is 5.06. The monoisotopic (exact) mass is 271 g/mol. The lowest BCUT2D eigenvalue weighted by Gasteiger charge is -2.05. The van der Waals surface area contributed by atoms with Crippen molar-refractivity contribution in [3.8, 4) is 0 Å². The summed E-state index contributed by atoms with van der Waals surface area (Å²) in [5.41, 5.74) is 4.09. The molecule has 1 aromatic heterocycles. The first-order valence-corrected chi connectivity index (χ1v) is 6.87. The Morgan fingerprint density at radius 3 is 2.50 bits per heavy atom. The third-order valence-corrected chi connectivity index (χ3v) is 3.69. The van der Waals surface area contributed by atoms with Gasteiger partial charge in [0.25, 0.3) is 0 Å². The molecule has 0 aliphatic carbocycles. The zero-order valence-corrected chi connectivity index (χ0v) is 12.3. The molecule has 0 saturated heterocycles. The predicted octanol–water partition coefficient (Wildman–Crippen LogP) is 3.08. The number of hydrogen-bond donors (Lipinski definition) is 0. The average Bonchev–Trinajstić information content (AvgIpc) is 2.72. The molecule has 0 saturated carbocycles. The summed E-state index contributed by atoms with van der Waals surface area (Å²) in [7, 11) is 1.97. The van der Waals surface area contributed by atoms with E-state index in [1.54, 1.807) is 0 Å². The number of carbonyl (C=O) groups excluding carboxylic acids is 1. The molecule has 3 heteroatoms. The van der Waals surface area contributed by atoms with E-state index in [1.807, 2.05) is 49.7 Å². The van der Waals surface area contributed by atoms with E-state index in [2.05, 4.69) is 12.1 Å². The van der Waals surface area contributed by atoms with Gasteiger partial charge in [0.15, 0.2) is 5.78 Å². The minimum absolute atomic E-state index is 0.0549. The van der Waals surface area contributed by atoms with Gasteiger partial charge in [-0.2, -0.15) is 0 Å². The molecular formula is C17H21NO2. The van der Waals surface area contributed by atoms with Crippen molar-refractivity contribution in [3.63, 3.8) is 0 Å². The molecule has 0 atom stereocenters. The highest BCUT2D eigenvalue weighted by Crippen LogP contribution is 2.14. The van der Waals surface area contributed by atoms with Crippen LogP contribution in [0.3, 0.4) is 0 Å². The Morgan fingerprint density at radius 2 is 1.90 bits per heavy atom. The Balaban J connectivity index is 1.82. The van der Waals surface area contributed by atoms with Crippen molar-refractivity contribution >= 4 is 5.78 Å². The topological polar surface area (TPSA) is 31.2 Å². The molecule has 0 unspecified atom stereocenters. The molecule has 0 spiro atoms. The Kier molecular flexibility index (Phi) is 4.74. The number of rotatable bonds is 6. The van der Waals surface area contributed by atoms with Gasteiger partial charge in [-0.25, -0.2) is 0 Å². The molecule has 2 rings (SSSR count). The van der Waals surface area contributed by atoms with Crippen LogP contribution in [0.1, 0.15) is 27.3 Å². The maximum absolute atomic E-state index is 12.1. The molecule has 1 aromatic carbocycles. The summed E-state index contributed by atoms with van der Waals surface area (Å²) in [4.78, 5) is 12.1. The molecule has 3 nitrogen and oxygen atoms in total. The summed E-state index contributed by atoms with van der Waals surface area (Å²) in [5.74, 6) is 0.0549.